The molecule has 0 spiro atoms. The Kier molecular flexibility index (Phi) is 8.37. The largest absolute Gasteiger partial charge is 0.444 e. The summed E-state index contributed by atoms with van der Waals surface area (Å²) in [4.78, 5) is 38.7. The molecule has 7 heteroatoms. The number of carbonyl (C=O) groups is 3. The van der Waals surface area contributed by atoms with Gasteiger partial charge in [0.1, 0.15) is 5.60 Å². The SMILES string of the molecule is CCN(CC(=O)NC(C)C)C(=O)[C@@H]1CCCC[C@H]1NC(=O)OC(C)(C)C. The molecule has 1 aliphatic rings. The van der Waals surface area contributed by atoms with E-state index >= 15 is 0 Å². The Morgan fingerprint density at radius 2 is 1.77 bits per heavy atom. The zero-order chi connectivity index (χ0) is 19.9. The number of carbonyl (C=O) groups excluding carboxylic acids is 3. The van der Waals surface area contributed by atoms with Gasteiger partial charge in [0, 0.05) is 18.6 Å². The molecule has 0 bridgehead atoms. The van der Waals surface area contributed by atoms with Gasteiger partial charge < -0.3 is 20.3 Å². The third kappa shape index (κ3) is 7.62. The van der Waals surface area contributed by atoms with Crippen LogP contribution in [-0.2, 0) is 14.3 Å². The second kappa shape index (κ2) is 9.78. The molecule has 0 aromatic rings. The number of likely N-dealkylation sites (N-methyl/N-ethyl adjacent to an activating group) is 1. The minimum Gasteiger partial charge on any atom is -0.444 e. The predicted octanol–water partition coefficient (Wildman–Crippen LogP) is 2.44. The highest BCUT2D eigenvalue weighted by molar-refractivity contribution is 5.86. The van der Waals surface area contributed by atoms with Crippen LogP contribution in [-0.4, -0.2) is 53.6 Å². The van der Waals surface area contributed by atoms with Gasteiger partial charge in [0.25, 0.3) is 0 Å². The first-order chi connectivity index (χ1) is 12.0. The number of alkyl carbamates (subject to hydrolysis) is 1. The molecule has 26 heavy (non-hydrogen) atoms. The van der Waals surface area contributed by atoms with E-state index in [9.17, 15) is 14.4 Å². The lowest BCUT2D eigenvalue weighted by Gasteiger charge is -2.35. The molecule has 0 saturated heterocycles. The molecule has 1 fully saturated rings. The highest BCUT2D eigenvalue weighted by Gasteiger charge is 2.35. The second-order valence-corrected chi connectivity index (χ2v) is 8.22. The van der Waals surface area contributed by atoms with Crippen LogP contribution in [0.15, 0.2) is 0 Å². The van der Waals surface area contributed by atoms with Crippen molar-refractivity contribution in [1.82, 2.24) is 15.5 Å². The van der Waals surface area contributed by atoms with E-state index in [-0.39, 0.29) is 36.4 Å². The van der Waals surface area contributed by atoms with E-state index in [2.05, 4.69) is 10.6 Å². The van der Waals surface area contributed by atoms with Crippen LogP contribution in [0, 0.1) is 5.92 Å². The van der Waals surface area contributed by atoms with Gasteiger partial charge >= 0.3 is 6.09 Å². The van der Waals surface area contributed by atoms with Crippen molar-refractivity contribution in [2.24, 2.45) is 5.92 Å². The van der Waals surface area contributed by atoms with E-state index in [0.717, 1.165) is 19.3 Å². The number of hydrogen-bond acceptors (Lipinski definition) is 4. The lowest BCUT2D eigenvalue weighted by molar-refractivity contribution is -0.141. The minimum absolute atomic E-state index is 0.0348. The monoisotopic (exact) mass is 369 g/mol. The Labute approximate surface area is 157 Å². The van der Waals surface area contributed by atoms with Crippen LogP contribution < -0.4 is 10.6 Å². The second-order valence-electron chi connectivity index (χ2n) is 8.22. The van der Waals surface area contributed by atoms with Crippen LogP contribution in [0.2, 0.25) is 0 Å². The van der Waals surface area contributed by atoms with E-state index < -0.39 is 11.7 Å². The maximum atomic E-state index is 13.0. The Morgan fingerprint density at radius 1 is 1.15 bits per heavy atom. The van der Waals surface area contributed by atoms with E-state index in [1.54, 1.807) is 4.90 Å². The summed E-state index contributed by atoms with van der Waals surface area (Å²) in [7, 11) is 0. The molecular formula is C19H35N3O4. The normalized spacial score (nSPS) is 20.4. The third-order valence-corrected chi connectivity index (χ3v) is 4.26. The summed E-state index contributed by atoms with van der Waals surface area (Å²) >= 11 is 0. The molecule has 0 aliphatic heterocycles. The van der Waals surface area contributed by atoms with Crippen LogP contribution in [0.3, 0.4) is 0 Å². The van der Waals surface area contributed by atoms with Crippen molar-refractivity contribution in [3.05, 3.63) is 0 Å². The van der Waals surface area contributed by atoms with Gasteiger partial charge in [0.15, 0.2) is 0 Å². The Balaban J connectivity index is 2.75. The summed E-state index contributed by atoms with van der Waals surface area (Å²) < 4.78 is 5.32. The summed E-state index contributed by atoms with van der Waals surface area (Å²) in [6.07, 6.45) is 2.86. The fraction of sp³-hybridized carbons (Fsp3) is 0.842. The van der Waals surface area contributed by atoms with Gasteiger partial charge in [-0.2, -0.15) is 0 Å². The molecule has 0 aromatic carbocycles. The van der Waals surface area contributed by atoms with Gasteiger partial charge in [0.05, 0.1) is 12.5 Å². The summed E-state index contributed by atoms with van der Waals surface area (Å²) in [6, 6.07) is -0.221. The molecule has 2 N–H and O–H groups in total. The maximum absolute atomic E-state index is 13.0. The van der Waals surface area contributed by atoms with Crippen molar-refractivity contribution in [2.75, 3.05) is 13.1 Å². The highest BCUT2D eigenvalue weighted by atomic mass is 16.6. The zero-order valence-electron chi connectivity index (χ0n) is 17.1. The smallest absolute Gasteiger partial charge is 0.407 e. The van der Waals surface area contributed by atoms with Crippen LogP contribution >= 0.6 is 0 Å². The summed E-state index contributed by atoms with van der Waals surface area (Å²) in [5, 5.41) is 5.67. The lowest BCUT2D eigenvalue weighted by atomic mass is 9.83. The first-order valence-electron chi connectivity index (χ1n) is 9.61. The van der Waals surface area contributed by atoms with Crippen molar-refractivity contribution in [1.29, 1.82) is 0 Å². The fourth-order valence-electron chi connectivity index (χ4n) is 3.18. The van der Waals surface area contributed by atoms with Gasteiger partial charge in [-0.15, -0.1) is 0 Å². The predicted molar refractivity (Wildman–Crippen MR) is 101 cm³/mol. The average Bonchev–Trinajstić information content (AvgIpc) is 2.50. The first-order valence-corrected chi connectivity index (χ1v) is 9.61. The average molecular weight is 370 g/mol. The molecule has 150 valence electrons. The number of amides is 3. The van der Waals surface area contributed by atoms with Crippen molar-refractivity contribution < 1.29 is 19.1 Å². The fourth-order valence-corrected chi connectivity index (χ4v) is 3.18. The van der Waals surface area contributed by atoms with Gasteiger partial charge in [-0.3, -0.25) is 9.59 Å². The standard InChI is InChI=1S/C19H35N3O4/c1-7-22(12-16(23)20-13(2)3)17(24)14-10-8-9-11-15(14)21-18(25)26-19(4,5)6/h13-15H,7-12H2,1-6H3,(H,20,23)(H,21,25)/t14-,15-/m1/s1. The van der Waals surface area contributed by atoms with Crippen molar-refractivity contribution >= 4 is 17.9 Å². The van der Waals surface area contributed by atoms with E-state index in [1.165, 1.54) is 0 Å². The molecule has 0 heterocycles. The molecule has 1 rings (SSSR count). The minimum atomic E-state index is -0.581. The first kappa shape index (κ1) is 22.3. The maximum Gasteiger partial charge on any atom is 0.407 e. The molecule has 0 unspecified atom stereocenters. The number of ether oxygens (including phenoxy) is 1. The number of nitrogens with zero attached hydrogens (tertiary/aromatic N) is 1. The van der Waals surface area contributed by atoms with E-state index in [0.29, 0.717) is 13.0 Å². The molecule has 1 saturated carbocycles. The Hall–Kier alpha value is -1.79. The Morgan fingerprint density at radius 3 is 2.31 bits per heavy atom. The molecular weight excluding hydrogens is 334 g/mol. The van der Waals surface area contributed by atoms with Crippen LogP contribution in [0.25, 0.3) is 0 Å². The molecule has 0 radical (unpaired) electrons. The van der Waals surface area contributed by atoms with Gasteiger partial charge in [-0.1, -0.05) is 12.8 Å². The lowest BCUT2D eigenvalue weighted by Crippen LogP contribution is -2.52. The number of rotatable bonds is 6. The molecule has 0 aromatic heterocycles. The topological polar surface area (TPSA) is 87.7 Å². The molecule has 3 amide bonds. The van der Waals surface area contributed by atoms with Crippen LogP contribution in [0.5, 0.6) is 0 Å². The quantitative estimate of drug-likeness (QED) is 0.753. The van der Waals surface area contributed by atoms with E-state index in [1.807, 2.05) is 41.5 Å². The summed E-state index contributed by atoms with van der Waals surface area (Å²) in [5.74, 6) is -0.558. The van der Waals surface area contributed by atoms with Crippen LogP contribution in [0.1, 0.15) is 67.2 Å². The number of hydrogen-bond donors (Lipinski definition) is 2. The Bertz CT molecular complexity index is 500. The van der Waals surface area contributed by atoms with Crippen molar-refractivity contribution in [3.63, 3.8) is 0 Å². The zero-order valence-corrected chi connectivity index (χ0v) is 17.1. The van der Waals surface area contributed by atoms with Crippen molar-refractivity contribution in [2.45, 2.75) is 84.9 Å². The van der Waals surface area contributed by atoms with Gasteiger partial charge in [0.2, 0.25) is 11.8 Å². The number of nitrogens with one attached hydrogen (secondary N) is 2. The highest BCUT2D eigenvalue weighted by Crippen LogP contribution is 2.26. The third-order valence-electron chi connectivity index (χ3n) is 4.26. The molecule has 1 aliphatic carbocycles. The van der Waals surface area contributed by atoms with Gasteiger partial charge in [-0.05, 0) is 54.4 Å². The van der Waals surface area contributed by atoms with Crippen LogP contribution in [0.4, 0.5) is 4.79 Å². The summed E-state index contributed by atoms with van der Waals surface area (Å²) in [6.45, 7) is 11.6. The van der Waals surface area contributed by atoms with Crippen molar-refractivity contribution in [3.8, 4) is 0 Å². The molecule has 2 atom stereocenters. The molecule has 7 nitrogen and oxygen atoms in total. The van der Waals surface area contributed by atoms with E-state index in [4.69, 9.17) is 4.74 Å². The summed E-state index contributed by atoms with van der Waals surface area (Å²) in [5.41, 5.74) is -0.581. The van der Waals surface area contributed by atoms with Gasteiger partial charge in [-0.25, -0.2) is 4.79 Å².